The van der Waals surface area contributed by atoms with Crippen LogP contribution in [0.3, 0.4) is 0 Å². The number of likely N-dealkylation sites (N-methyl/N-ethyl adjacent to an activating group) is 1. The number of rotatable bonds is 9. The number of quaternary nitrogens is 1. The highest BCUT2D eigenvalue weighted by atomic mass is 16.2. The van der Waals surface area contributed by atoms with Gasteiger partial charge in [0.05, 0.1) is 12.6 Å². The van der Waals surface area contributed by atoms with Crippen molar-refractivity contribution < 1.29 is 14.5 Å². The molecule has 0 spiro atoms. The van der Waals surface area contributed by atoms with Crippen LogP contribution in [-0.2, 0) is 22.6 Å². The number of nitrogens with one attached hydrogen (secondary N) is 2. The van der Waals surface area contributed by atoms with Gasteiger partial charge in [-0.25, -0.2) is 0 Å². The standard InChI is InChI=1S/C21H26N2O2/c1-3-23(15-19-12-8-5-9-13-19)16-21(25)22-20(17(2)24)14-18-10-6-4-7-11-18/h4-13,20H,3,14-16H2,1-2H3,(H,22,25)/p+1/t20-/m1/s1. The molecular weight excluding hydrogens is 312 g/mol. The van der Waals surface area contributed by atoms with E-state index in [1.807, 2.05) is 48.5 Å². The fourth-order valence-corrected chi connectivity index (χ4v) is 2.82. The molecule has 0 aliphatic heterocycles. The monoisotopic (exact) mass is 339 g/mol. The van der Waals surface area contributed by atoms with E-state index < -0.39 is 6.04 Å². The zero-order valence-electron chi connectivity index (χ0n) is 15.0. The Bertz CT molecular complexity index is 671. The van der Waals surface area contributed by atoms with Crippen molar-refractivity contribution in [3.05, 3.63) is 71.8 Å². The van der Waals surface area contributed by atoms with Crippen LogP contribution in [0.15, 0.2) is 60.7 Å². The van der Waals surface area contributed by atoms with Gasteiger partial charge in [-0.1, -0.05) is 60.7 Å². The Morgan fingerprint density at radius 2 is 1.52 bits per heavy atom. The summed E-state index contributed by atoms with van der Waals surface area (Å²) in [5, 5.41) is 2.91. The second-order valence-electron chi connectivity index (χ2n) is 6.36. The zero-order valence-corrected chi connectivity index (χ0v) is 15.0. The Hall–Kier alpha value is -2.46. The highest BCUT2D eigenvalue weighted by Gasteiger charge is 2.20. The quantitative estimate of drug-likeness (QED) is 0.726. The maximum Gasteiger partial charge on any atom is 0.275 e. The summed E-state index contributed by atoms with van der Waals surface area (Å²) < 4.78 is 0. The minimum atomic E-state index is -0.468. The SMILES string of the molecule is CC[NH+](CC(=O)N[C@H](Cc1ccccc1)C(C)=O)Cc1ccccc1. The minimum absolute atomic E-state index is 0.0155. The first-order chi connectivity index (χ1) is 12.1. The molecule has 2 atom stereocenters. The van der Waals surface area contributed by atoms with E-state index >= 15 is 0 Å². The van der Waals surface area contributed by atoms with Crippen molar-refractivity contribution in [1.29, 1.82) is 0 Å². The number of hydrogen-bond acceptors (Lipinski definition) is 2. The Labute approximate surface area is 149 Å². The third-order valence-corrected chi connectivity index (χ3v) is 4.32. The third kappa shape index (κ3) is 6.51. The van der Waals surface area contributed by atoms with Gasteiger partial charge in [0.1, 0.15) is 6.54 Å². The van der Waals surface area contributed by atoms with Gasteiger partial charge in [0, 0.05) is 5.56 Å². The predicted molar refractivity (Wildman–Crippen MR) is 99.3 cm³/mol. The third-order valence-electron chi connectivity index (χ3n) is 4.32. The lowest BCUT2D eigenvalue weighted by Gasteiger charge is -2.20. The number of carbonyl (C=O) groups is 2. The molecule has 1 unspecified atom stereocenters. The maximum atomic E-state index is 12.4. The van der Waals surface area contributed by atoms with Crippen molar-refractivity contribution in [1.82, 2.24) is 5.32 Å². The van der Waals surface area contributed by atoms with Gasteiger partial charge >= 0.3 is 0 Å². The number of ketones is 1. The molecule has 2 rings (SSSR count). The molecule has 2 N–H and O–H groups in total. The second kappa shape index (κ2) is 9.74. The second-order valence-corrected chi connectivity index (χ2v) is 6.36. The Morgan fingerprint density at radius 1 is 0.960 bits per heavy atom. The molecule has 0 aliphatic carbocycles. The molecule has 4 heteroatoms. The number of carbonyl (C=O) groups excluding carboxylic acids is 2. The molecule has 0 radical (unpaired) electrons. The van der Waals surface area contributed by atoms with Gasteiger partial charge in [-0.3, -0.25) is 9.59 Å². The smallest absolute Gasteiger partial charge is 0.275 e. The van der Waals surface area contributed by atoms with Crippen LogP contribution in [0.2, 0.25) is 0 Å². The lowest BCUT2D eigenvalue weighted by Crippen LogP contribution is -3.11. The molecule has 0 saturated carbocycles. The summed E-state index contributed by atoms with van der Waals surface area (Å²) in [6, 6.07) is 19.5. The van der Waals surface area contributed by atoms with Crippen LogP contribution < -0.4 is 10.2 Å². The fraction of sp³-hybridized carbons (Fsp3) is 0.333. The molecule has 0 heterocycles. The molecule has 2 aromatic carbocycles. The van der Waals surface area contributed by atoms with Crippen molar-refractivity contribution in [3.8, 4) is 0 Å². The van der Waals surface area contributed by atoms with E-state index in [9.17, 15) is 9.59 Å². The average Bonchev–Trinajstić information content (AvgIpc) is 2.62. The van der Waals surface area contributed by atoms with Gasteiger partial charge in [-0.2, -0.15) is 0 Å². The largest absolute Gasteiger partial charge is 0.341 e. The van der Waals surface area contributed by atoms with Crippen molar-refractivity contribution in [2.75, 3.05) is 13.1 Å². The predicted octanol–water partition coefficient (Wildman–Crippen LogP) is 1.41. The molecule has 25 heavy (non-hydrogen) atoms. The van der Waals surface area contributed by atoms with Gasteiger partial charge < -0.3 is 10.2 Å². The summed E-state index contributed by atoms with van der Waals surface area (Å²) in [5.74, 6) is -0.0952. The molecular formula is C21H27N2O2+. The first-order valence-corrected chi connectivity index (χ1v) is 8.79. The van der Waals surface area contributed by atoms with E-state index in [0.29, 0.717) is 13.0 Å². The van der Waals surface area contributed by atoms with E-state index in [0.717, 1.165) is 18.7 Å². The molecule has 0 bridgehead atoms. The number of amides is 1. The number of benzene rings is 2. The van der Waals surface area contributed by atoms with Crippen LogP contribution in [0.1, 0.15) is 25.0 Å². The van der Waals surface area contributed by atoms with Crippen LogP contribution in [0.25, 0.3) is 0 Å². The Morgan fingerprint density at radius 3 is 2.04 bits per heavy atom. The van der Waals surface area contributed by atoms with Crippen LogP contribution in [0.4, 0.5) is 0 Å². The molecule has 4 nitrogen and oxygen atoms in total. The molecule has 2 aromatic rings. The highest BCUT2D eigenvalue weighted by Crippen LogP contribution is 2.04. The summed E-state index contributed by atoms with van der Waals surface area (Å²) in [4.78, 5) is 25.5. The van der Waals surface area contributed by atoms with Crippen LogP contribution in [0.5, 0.6) is 0 Å². The van der Waals surface area contributed by atoms with Crippen LogP contribution in [-0.4, -0.2) is 30.8 Å². The first-order valence-electron chi connectivity index (χ1n) is 8.79. The Kier molecular flexibility index (Phi) is 7.36. The minimum Gasteiger partial charge on any atom is -0.341 e. The van der Waals surface area contributed by atoms with E-state index in [1.54, 1.807) is 0 Å². The molecule has 132 valence electrons. The van der Waals surface area contributed by atoms with E-state index in [2.05, 4.69) is 24.4 Å². The van der Waals surface area contributed by atoms with E-state index in [1.165, 1.54) is 17.4 Å². The molecule has 0 saturated heterocycles. The van der Waals surface area contributed by atoms with E-state index in [4.69, 9.17) is 0 Å². The average molecular weight is 339 g/mol. The van der Waals surface area contributed by atoms with Crippen molar-refractivity contribution in [2.24, 2.45) is 0 Å². The van der Waals surface area contributed by atoms with Crippen LogP contribution in [0, 0.1) is 0 Å². The van der Waals surface area contributed by atoms with Gasteiger partial charge in [0.25, 0.3) is 5.91 Å². The van der Waals surface area contributed by atoms with Crippen molar-refractivity contribution in [3.63, 3.8) is 0 Å². The number of hydrogen-bond donors (Lipinski definition) is 2. The van der Waals surface area contributed by atoms with Gasteiger partial charge in [-0.05, 0) is 25.8 Å². The topological polar surface area (TPSA) is 50.6 Å². The fourth-order valence-electron chi connectivity index (χ4n) is 2.82. The lowest BCUT2D eigenvalue weighted by molar-refractivity contribution is -0.904. The van der Waals surface area contributed by atoms with Gasteiger partial charge in [0.2, 0.25) is 0 Å². The Balaban J connectivity index is 1.92. The summed E-state index contributed by atoms with van der Waals surface area (Å²) in [6.45, 7) is 5.62. The van der Waals surface area contributed by atoms with Crippen molar-refractivity contribution >= 4 is 11.7 Å². The lowest BCUT2D eigenvalue weighted by atomic mass is 10.0. The van der Waals surface area contributed by atoms with E-state index in [-0.39, 0.29) is 11.7 Å². The summed E-state index contributed by atoms with van der Waals surface area (Å²) >= 11 is 0. The summed E-state index contributed by atoms with van der Waals surface area (Å²) in [5.41, 5.74) is 2.26. The number of Topliss-reactive ketones (excluding diaryl/α,β-unsaturated/α-hetero) is 1. The normalized spacial score (nSPS) is 13.0. The van der Waals surface area contributed by atoms with Gasteiger partial charge in [-0.15, -0.1) is 0 Å². The molecule has 0 aromatic heterocycles. The van der Waals surface area contributed by atoms with Crippen LogP contribution >= 0.6 is 0 Å². The molecule has 0 fully saturated rings. The van der Waals surface area contributed by atoms with Crippen molar-refractivity contribution in [2.45, 2.75) is 32.9 Å². The summed E-state index contributed by atoms with van der Waals surface area (Å²) in [7, 11) is 0. The zero-order chi connectivity index (χ0) is 18.1. The summed E-state index contributed by atoms with van der Waals surface area (Å²) in [6.07, 6.45) is 0.530. The van der Waals surface area contributed by atoms with Gasteiger partial charge in [0.15, 0.2) is 12.3 Å². The molecule has 1 amide bonds. The molecule has 0 aliphatic rings. The first kappa shape index (κ1) is 18.9. The highest BCUT2D eigenvalue weighted by molar-refractivity contribution is 5.88. The maximum absolute atomic E-state index is 12.4.